The zero-order valence-electron chi connectivity index (χ0n) is 16.3. The van der Waals surface area contributed by atoms with E-state index in [0.29, 0.717) is 51.1 Å². The van der Waals surface area contributed by atoms with Gasteiger partial charge >= 0.3 is 6.03 Å². The Morgan fingerprint density at radius 3 is 2.43 bits per heavy atom. The zero-order chi connectivity index (χ0) is 19.8. The van der Waals surface area contributed by atoms with Crippen LogP contribution in [0.4, 0.5) is 4.79 Å². The molecule has 2 heterocycles. The lowest BCUT2D eigenvalue weighted by Gasteiger charge is -2.34. The smallest absolute Gasteiger partial charge is 0.315 e. The molecule has 0 radical (unpaired) electrons. The number of carbonyl (C=O) groups excluding carboxylic acids is 3. The van der Waals surface area contributed by atoms with Gasteiger partial charge in [-0.1, -0.05) is 19.3 Å². The van der Waals surface area contributed by atoms with Crippen molar-refractivity contribution in [1.29, 1.82) is 0 Å². The van der Waals surface area contributed by atoms with Crippen LogP contribution in [0.1, 0.15) is 55.3 Å². The predicted octanol–water partition coefficient (Wildman–Crippen LogP) is 1.98. The SMILES string of the molecule is O=C(NCCCC(=O)N1CCN(C(=O)c2ccoc2)CC1)NC1CCCCC1. The first kappa shape index (κ1) is 20.2. The summed E-state index contributed by atoms with van der Waals surface area (Å²) in [4.78, 5) is 40.0. The van der Waals surface area contributed by atoms with Gasteiger partial charge < -0.3 is 24.9 Å². The van der Waals surface area contributed by atoms with Gasteiger partial charge in [0.2, 0.25) is 5.91 Å². The van der Waals surface area contributed by atoms with Crippen molar-refractivity contribution in [2.75, 3.05) is 32.7 Å². The van der Waals surface area contributed by atoms with Crippen LogP contribution >= 0.6 is 0 Å². The average Bonchev–Trinajstić information content (AvgIpc) is 3.26. The molecule has 4 amide bonds. The van der Waals surface area contributed by atoms with Crippen molar-refractivity contribution >= 4 is 17.8 Å². The van der Waals surface area contributed by atoms with Crippen molar-refractivity contribution in [2.45, 2.75) is 51.0 Å². The van der Waals surface area contributed by atoms with Gasteiger partial charge in [0.1, 0.15) is 6.26 Å². The topological polar surface area (TPSA) is 94.9 Å². The molecular weight excluding hydrogens is 360 g/mol. The van der Waals surface area contributed by atoms with Crippen molar-refractivity contribution in [3.63, 3.8) is 0 Å². The lowest BCUT2D eigenvalue weighted by atomic mass is 9.96. The van der Waals surface area contributed by atoms with Gasteiger partial charge in [0.25, 0.3) is 5.91 Å². The summed E-state index contributed by atoms with van der Waals surface area (Å²) in [7, 11) is 0. The highest BCUT2D eigenvalue weighted by atomic mass is 16.3. The second kappa shape index (κ2) is 10.1. The molecule has 3 rings (SSSR count). The summed E-state index contributed by atoms with van der Waals surface area (Å²) in [6.45, 7) is 2.62. The van der Waals surface area contributed by atoms with Crippen molar-refractivity contribution in [1.82, 2.24) is 20.4 Å². The van der Waals surface area contributed by atoms with E-state index in [2.05, 4.69) is 10.6 Å². The van der Waals surface area contributed by atoms with E-state index in [1.54, 1.807) is 15.9 Å². The second-order valence-electron chi connectivity index (χ2n) is 7.52. The van der Waals surface area contributed by atoms with Crippen molar-refractivity contribution in [2.24, 2.45) is 0 Å². The normalized spacial score (nSPS) is 18.0. The number of hydrogen-bond donors (Lipinski definition) is 2. The van der Waals surface area contributed by atoms with Crippen LogP contribution in [0.15, 0.2) is 23.0 Å². The number of nitrogens with zero attached hydrogens (tertiary/aromatic N) is 2. The summed E-state index contributed by atoms with van der Waals surface area (Å²) in [6, 6.07) is 1.80. The van der Waals surface area contributed by atoms with Crippen molar-refractivity contribution < 1.29 is 18.8 Å². The van der Waals surface area contributed by atoms with Crippen LogP contribution in [-0.4, -0.2) is 66.4 Å². The van der Waals surface area contributed by atoms with Crippen LogP contribution in [0.25, 0.3) is 0 Å². The summed E-state index contributed by atoms with van der Waals surface area (Å²) in [5.41, 5.74) is 0.539. The minimum atomic E-state index is -0.134. The van der Waals surface area contributed by atoms with E-state index in [-0.39, 0.29) is 23.9 Å². The number of amides is 4. The Kier molecular flexibility index (Phi) is 7.33. The number of piperazine rings is 1. The van der Waals surface area contributed by atoms with Gasteiger partial charge in [0, 0.05) is 45.2 Å². The van der Waals surface area contributed by atoms with Crippen LogP contribution in [0.2, 0.25) is 0 Å². The highest BCUT2D eigenvalue weighted by molar-refractivity contribution is 5.94. The fourth-order valence-electron chi connectivity index (χ4n) is 3.81. The highest BCUT2D eigenvalue weighted by Gasteiger charge is 2.25. The maximum atomic E-state index is 12.3. The highest BCUT2D eigenvalue weighted by Crippen LogP contribution is 2.17. The molecule has 2 aliphatic rings. The summed E-state index contributed by atoms with van der Waals surface area (Å²) in [5.74, 6) is 0.0129. The minimum Gasteiger partial charge on any atom is -0.472 e. The Morgan fingerprint density at radius 2 is 1.75 bits per heavy atom. The molecule has 1 aromatic heterocycles. The van der Waals surface area contributed by atoms with Crippen LogP contribution in [0, 0.1) is 0 Å². The number of furan rings is 1. The first-order chi connectivity index (χ1) is 13.6. The number of carbonyl (C=O) groups is 3. The van der Waals surface area contributed by atoms with E-state index in [1.807, 2.05) is 0 Å². The van der Waals surface area contributed by atoms with Gasteiger partial charge in [-0.25, -0.2) is 4.79 Å². The molecular formula is C20H30N4O4. The Bertz CT molecular complexity index is 647. The van der Waals surface area contributed by atoms with Gasteiger partial charge in [-0.2, -0.15) is 0 Å². The largest absolute Gasteiger partial charge is 0.472 e. The van der Waals surface area contributed by atoms with Crippen molar-refractivity contribution in [3.8, 4) is 0 Å². The molecule has 28 heavy (non-hydrogen) atoms. The summed E-state index contributed by atoms with van der Waals surface area (Å²) >= 11 is 0. The molecule has 8 nitrogen and oxygen atoms in total. The number of rotatable bonds is 6. The van der Waals surface area contributed by atoms with Gasteiger partial charge in [0.15, 0.2) is 0 Å². The number of urea groups is 1. The van der Waals surface area contributed by atoms with Gasteiger partial charge in [-0.05, 0) is 25.3 Å². The fraction of sp³-hybridized carbons (Fsp3) is 0.650. The van der Waals surface area contributed by atoms with E-state index >= 15 is 0 Å². The Hall–Kier alpha value is -2.51. The molecule has 0 spiro atoms. The molecule has 1 aliphatic heterocycles. The molecule has 1 aromatic rings. The molecule has 0 unspecified atom stereocenters. The van der Waals surface area contributed by atoms with Crippen LogP contribution in [0.5, 0.6) is 0 Å². The summed E-state index contributed by atoms with van der Waals surface area (Å²) in [5, 5.41) is 5.85. The monoisotopic (exact) mass is 390 g/mol. The van der Waals surface area contributed by atoms with Gasteiger partial charge in [-0.3, -0.25) is 9.59 Å². The lowest BCUT2D eigenvalue weighted by molar-refractivity contribution is -0.132. The van der Waals surface area contributed by atoms with E-state index in [4.69, 9.17) is 4.42 Å². The average molecular weight is 390 g/mol. The van der Waals surface area contributed by atoms with Gasteiger partial charge in [0.05, 0.1) is 11.8 Å². The first-order valence-corrected chi connectivity index (χ1v) is 10.3. The van der Waals surface area contributed by atoms with Crippen molar-refractivity contribution in [3.05, 3.63) is 24.2 Å². The third-order valence-electron chi connectivity index (χ3n) is 5.48. The van der Waals surface area contributed by atoms with Crippen LogP contribution < -0.4 is 10.6 Å². The predicted molar refractivity (Wildman–Crippen MR) is 104 cm³/mol. The molecule has 1 saturated carbocycles. The number of hydrogen-bond acceptors (Lipinski definition) is 4. The summed E-state index contributed by atoms with van der Waals surface area (Å²) in [6.07, 6.45) is 9.68. The van der Waals surface area contributed by atoms with Crippen LogP contribution in [-0.2, 0) is 4.79 Å². The molecule has 154 valence electrons. The molecule has 1 aliphatic carbocycles. The standard InChI is InChI=1S/C20H30N4O4/c25-18(7-4-9-21-20(27)22-17-5-2-1-3-6-17)23-10-12-24(13-11-23)19(26)16-8-14-28-15-16/h8,14-15,17H,1-7,9-13H2,(H2,21,22,27). The molecule has 0 bridgehead atoms. The maximum absolute atomic E-state index is 12.3. The lowest BCUT2D eigenvalue weighted by Crippen LogP contribution is -2.50. The van der Waals surface area contributed by atoms with E-state index in [9.17, 15) is 14.4 Å². The third kappa shape index (κ3) is 5.74. The first-order valence-electron chi connectivity index (χ1n) is 10.3. The molecule has 0 aromatic carbocycles. The van der Waals surface area contributed by atoms with E-state index in [0.717, 1.165) is 12.8 Å². The third-order valence-corrected chi connectivity index (χ3v) is 5.48. The molecule has 1 saturated heterocycles. The minimum absolute atomic E-state index is 0.0611. The quantitative estimate of drug-likeness (QED) is 0.726. The van der Waals surface area contributed by atoms with E-state index in [1.165, 1.54) is 31.8 Å². The number of nitrogens with one attached hydrogen (secondary N) is 2. The summed E-state index contributed by atoms with van der Waals surface area (Å²) < 4.78 is 4.95. The fourth-order valence-corrected chi connectivity index (χ4v) is 3.81. The Morgan fingerprint density at radius 1 is 1.04 bits per heavy atom. The molecule has 2 N–H and O–H groups in total. The molecule has 0 atom stereocenters. The molecule has 2 fully saturated rings. The Balaban J connectivity index is 1.28. The maximum Gasteiger partial charge on any atom is 0.315 e. The van der Waals surface area contributed by atoms with Gasteiger partial charge in [-0.15, -0.1) is 0 Å². The Labute approximate surface area is 165 Å². The second-order valence-corrected chi connectivity index (χ2v) is 7.52. The van der Waals surface area contributed by atoms with Crippen LogP contribution in [0.3, 0.4) is 0 Å². The molecule has 8 heteroatoms. The zero-order valence-corrected chi connectivity index (χ0v) is 16.3. The van der Waals surface area contributed by atoms with E-state index < -0.39 is 0 Å².